The van der Waals surface area contributed by atoms with Crippen LogP contribution in [0.25, 0.3) is 11.3 Å². The van der Waals surface area contributed by atoms with E-state index >= 15 is 0 Å². The van der Waals surface area contributed by atoms with E-state index < -0.39 is 0 Å². The highest BCUT2D eigenvalue weighted by molar-refractivity contribution is 5.67. The number of likely N-dealkylation sites (N-methyl/N-ethyl adjacent to an activating group) is 1. The van der Waals surface area contributed by atoms with Crippen LogP contribution in [0, 0.1) is 0 Å². The first-order valence-electron chi connectivity index (χ1n) is 9.25. The molecule has 26 heavy (non-hydrogen) atoms. The molecule has 2 N–H and O–H groups in total. The molecule has 2 aliphatic rings. The highest BCUT2D eigenvalue weighted by Crippen LogP contribution is 2.42. The van der Waals surface area contributed by atoms with Crippen LogP contribution in [0.4, 0.5) is 5.95 Å². The molecule has 0 amide bonds. The van der Waals surface area contributed by atoms with Crippen LogP contribution in [0.5, 0.6) is 5.75 Å². The molecule has 1 aromatic heterocycles. The smallest absolute Gasteiger partial charge is 0.281 e. The Morgan fingerprint density at radius 1 is 1.19 bits per heavy atom. The molecule has 7 heteroatoms. The van der Waals surface area contributed by atoms with Gasteiger partial charge in [-0.2, -0.15) is 0 Å². The molecular weight excluding hydrogens is 330 g/mol. The van der Waals surface area contributed by atoms with Crippen LogP contribution in [0.15, 0.2) is 23.0 Å². The number of nitrogens with zero attached hydrogens (tertiary/aromatic N) is 4. The lowest BCUT2D eigenvalue weighted by atomic mass is 10.0. The second kappa shape index (κ2) is 6.72. The molecule has 4 rings (SSSR count). The summed E-state index contributed by atoms with van der Waals surface area (Å²) in [6.45, 7) is 2.01. The molecule has 2 fully saturated rings. The van der Waals surface area contributed by atoms with Gasteiger partial charge in [0, 0.05) is 25.2 Å². The number of aromatic nitrogens is 3. The first kappa shape index (κ1) is 17.0. The van der Waals surface area contributed by atoms with Crippen LogP contribution in [0.3, 0.4) is 0 Å². The number of phenols is 1. The molecule has 2 heterocycles. The third-order valence-electron chi connectivity index (χ3n) is 5.35. The van der Waals surface area contributed by atoms with Gasteiger partial charge in [-0.25, -0.2) is 0 Å². The lowest BCUT2D eigenvalue weighted by Gasteiger charge is -2.30. The van der Waals surface area contributed by atoms with Gasteiger partial charge in [-0.1, -0.05) is 6.07 Å². The maximum absolute atomic E-state index is 12.8. The van der Waals surface area contributed by atoms with Gasteiger partial charge in [0.05, 0.1) is 0 Å². The number of anilines is 1. The van der Waals surface area contributed by atoms with Gasteiger partial charge in [0.1, 0.15) is 5.75 Å². The number of hydrogen-bond acceptors (Lipinski definition) is 6. The molecule has 7 nitrogen and oxygen atoms in total. The summed E-state index contributed by atoms with van der Waals surface area (Å²) in [4.78, 5) is 15.0. The molecule has 1 saturated heterocycles. The monoisotopic (exact) mass is 355 g/mol. The first-order chi connectivity index (χ1) is 12.5. The van der Waals surface area contributed by atoms with Crippen molar-refractivity contribution in [3.63, 3.8) is 0 Å². The molecule has 0 unspecified atom stereocenters. The zero-order chi connectivity index (χ0) is 18.3. The van der Waals surface area contributed by atoms with Gasteiger partial charge in [0.15, 0.2) is 5.69 Å². The van der Waals surface area contributed by atoms with E-state index in [1.165, 1.54) is 4.57 Å². The summed E-state index contributed by atoms with van der Waals surface area (Å²) >= 11 is 0. The van der Waals surface area contributed by atoms with Gasteiger partial charge >= 0.3 is 0 Å². The fourth-order valence-corrected chi connectivity index (χ4v) is 3.64. The number of rotatable bonds is 4. The predicted octanol–water partition coefficient (Wildman–Crippen LogP) is 1.93. The summed E-state index contributed by atoms with van der Waals surface area (Å²) in [5.74, 6) is 1.10. The second-order valence-electron chi connectivity index (χ2n) is 7.53. The first-order valence-corrected chi connectivity index (χ1v) is 9.25. The zero-order valence-corrected chi connectivity index (χ0v) is 15.3. The van der Waals surface area contributed by atoms with Gasteiger partial charge in [-0.3, -0.25) is 9.36 Å². The number of aromatic hydroxyl groups is 1. The topological polar surface area (TPSA) is 83.3 Å². The Balaban J connectivity index is 1.60. The normalized spacial score (nSPS) is 20.9. The SMILES string of the molecule is CN1CCC[C@@H](Nc2nnc(-c3ccc(C4CC4)cc3O)c(=O)n2C)C1. The fourth-order valence-electron chi connectivity index (χ4n) is 3.64. The van der Waals surface area contributed by atoms with E-state index in [1.807, 2.05) is 6.07 Å². The van der Waals surface area contributed by atoms with Crippen LogP contribution in [-0.4, -0.2) is 50.9 Å². The van der Waals surface area contributed by atoms with Crippen molar-refractivity contribution in [3.8, 4) is 17.0 Å². The van der Waals surface area contributed by atoms with Crippen LogP contribution in [0.2, 0.25) is 0 Å². The van der Waals surface area contributed by atoms with E-state index in [-0.39, 0.29) is 23.0 Å². The van der Waals surface area contributed by atoms with E-state index in [4.69, 9.17) is 0 Å². The van der Waals surface area contributed by atoms with E-state index in [9.17, 15) is 9.90 Å². The van der Waals surface area contributed by atoms with Crippen LogP contribution < -0.4 is 10.9 Å². The average molecular weight is 355 g/mol. The Labute approximate surface area is 152 Å². The van der Waals surface area contributed by atoms with E-state index in [0.29, 0.717) is 17.4 Å². The molecule has 0 spiro atoms. The summed E-state index contributed by atoms with van der Waals surface area (Å²) in [5.41, 5.74) is 1.47. The Morgan fingerprint density at radius 3 is 2.69 bits per heavy atom. The van der Waals surface area contributed by atoms with E-state index in [0.717, 1.165) is 44.3 Å². The van der Waals surface area contributed by atoms with Gasteiger partial charge in [-0.05, 0) is 62.9 Å². The summed E-state index contributed by atoms with van der Waals surface area (Å²) in [6.07, 6.45) is 4.49. The van der Waals surface area contributed by atoms with Crippen LogP contribution in [0.1, 0.15) is 37.2 Å². The summed E-state index contributed by atoms with van der Waals surface area (Å²) in [7, 11) is 3.78. The van der Waals surface area contributed by atoms with Gasteiger partial charge in [0.2, 0.25) is 5.95 Å². The average Bonchev–Trinajstić information content (AvgIpc) is 3.45. The molecule has 1 aromatic carbocycles. The molecule has 0 radical (unpaired) electrons. The number of likely N-dealkylation sites (tertiary alicyclic amines) is 1. The molecule has 1 atom stereocenters. The van der Waals surface area contributed by atoms with Crippen molar-refractivity contribution in [2.45, 2.75) is 37.6 Å². The molecule has 138 valence electrons. The summed E-state index contributed by atoms with van der Waals surface area (Å²) in [6, 6.07) is 5.75. The molecular formula is C19H25N5O2. The Hall–Kier alpha value is -2.41. The van der Waals surface area contributed by atoms with E-state index in [2.05, 4.69) is 27.5 Å². The minimum Gasteiger partial charge on any atom is -0.507 e. The molecule has 1 aliphatic carbocycles. The Kier molecular flexibility index (Phi) is 4.40. The number of piperidine rings is 1. The van der Waals surface area contributed by atoms with Crippen LogP contribution in [-0.2, 0) is 7.05 Å². The highest BCUT2D eigenvalue weighted by Gasteiger charge is 2.25. The zero-order valence-electron chi connectivity index (χ0n) is 15.3. The maximum Gasteiger partial charge on any atom is 0.281 e. The lowest BCUT2D eigenvalue weighted by molar-refractivity contribution is 0.260. The minimum absolute atomic E-state index is 0.0930. The molecule has 0 bridgehead atoms. The molecule has 1 aliphatic heterocycles. The Morgan fingerprint density at radius 2 is 2.00 bits per heavy atom. The number of benzene rings is 1. The summed E-state index contributed by atoms with van der Waals surface area (Å²) in [5, 5.41) is 22.0. The van der Waals surface area contributed by atoms with Crippen molar-refractivity contribution in [1.29, 1.82) is 0 Å². The number of phenolic OH excluding ortho intramolecular Hbond substituents is 1. The quantitative estimate of drug-likeness (QED) is 0.872. The van der Waals surface area contributed by atoms with Crippen molar-refractivity contribution < 1.29 is 5.11 Å². The number of nitrogens with one attached hydrogen (secondary N) is 1. The third-order valence-corrected chi connectivity index (χ3v) is 5.35. The van der Waals surface area contributed by atoms with Crippen molar-refractivity contribution in [1.82, 2.24) is 19.7 Å². The van der Waals surface area contributed by atoms with E-state index in [1.54, 1.807) is 19.2 Å². The van der Waals surface area contributed by atoms with Gasteiger partial charge < -0.3 is 15.3 Å². The third kappa shape index (κ3) is 3.31. The van der Waals surface area contributed by atoms with Crippen LogP contribution >= 0.6 is 0 Å². The van der Waals surface area contributed by atoms with Gasteiger partial charge in [0.25, 0.3) is 5.56 Å². The molecule has 1 saturated carbocycles. The summed E-state index contributed by atoms with van der Waals surface area (Å²) < 4.78 is 1.48. The lowest BCUT2D eigenvalue weighted by Crippen LogP contribution is -2.41. The fraction of sp³-hybridized carbons (Fsp3) is 0.526. The predicted molar refractivity (Wildman–Crippen MR) is 100 cm³/mol. The van der Waals surface area contributed by atoms with Crippen molar-refractivity contribution in [2.24, 2.45) is 7.05 Å². The second-order valence-corrected chi connectivity index (χ2v) is 7.53. The Bertz CT molecular complexity index is 875. The van der Waals surface area contributed by atoms with Crippen molar-refractivity contribution in [3.05, 3.63) is 34.1 Å². The van der Waals surface area contributed by atoms with Crippen molar-refractivity contribution >= 4 is 5.95 Å². The van der Waals surface area contributed by atoms with Crippen molar-refractivity contribution in [2.75, 3.05) is 25.5 Å². The van der Waals surface area contributed by atoms with Gasteiger partial charge in [-0.15, -0.1) is 10.2 Å². The highest BCUT2D eigenvalue weighted by atomic mass is 16.3. The standard InChI is InChI=1S/C19H25N5O2/c1-23-9-3-4-14(11-23)20-19-22-21-17(18(26)24(19)2)15-8-7-13(10-16(15)25)12-5-6-12/h7-8,10,12,14,25H,3-6,9,11H2,1-2H3,(H,20,22)/t14-/m1/s1. The molecule has 2 aromatic rings. The largest absolute Gasteiger partial charge is 0.507 e. The maximum atomic E-state index is 12.8. The number of hydrogen-bond donors (Lipinski definition) is 2. The minimum atomic E-state index is -0.263.